The highest BCUT2D eigenvalue weighted by atomic mass is 15.2. The summed E-state index contributed by atoms with van der Waals surface area (Å²) in [4.78, 5) is 0. The molecule has 138 valence electrons. The van der Waals surface area contributed by atoms with Crippen LogP contribution in [-0.4, -0.2) is 4.57 Å². The van der Waals surface area contributed by atoms with Crippen molar-refractivity contribution < 1.29 is 8.68 Å². The highest BCUT2D eigenvalue weighted by molar-refractivity contribution is 5.69. The van der Waals surface area contributed by atoms with Crippen LogP contribution in [0.1, 0.15) is 59.4 Å². The lowest BCUT2D eigenvalue weighted by Crippen LogP contribution is -2.58. The Morgan fingerprint density at radius 3 is 2.48 bits per heavy atom. The minimum Gasteiger partial charge on any atom is -0.217 e. The first-order chi connectivity index (χ1) is 14.3. The van der Waals surface area contributed by atoms with E-state index in [1.807, 2.05) is 22.8 Å². The Morgan fingerprint density at radius 2 is 1.74 bits per heavy atom. The second kappa shape index (κ2) is 5.82. The molecular formula is C25H29N2+. The average molecular weight is 361 g/mol. The van der Waals surface area contributed by atoms with Gasteiger partial charge in [-0.05, 0) is 38.3 Å². The maximum atomic E-state index is 8.56. The van der Waals surface area contributed by atoms with Crippen molar-refractivity contribution in [2.45, 2.75) is 58.8 Å². The molecule has 0 saturated heterocycles. The van der Waals surface area contributed by atoms with Crippen LogP contribution in [0.15, 0.2) is 48.5 Å². The largest absolute Gasteiger partial charge is 0.259 e. The zero-order valence-corrected chi connectivity index (χ0v) is 16.4. The van der Waals surface area contributed by atoms with Crippen molar-refractivity contribution in [3.8, 4) is 16.9 Å². The van der Waals surface area contributed by atoms with Crippen LogP contribution < -0.4 is 4.57 Å². The molecule has 0 N–H and O–H groups in total. The molecule has 1 aromatic heterocycles. The molecule has 1 aliphatic heterocycles. The summed E-state index contributed by atoms with van der Waals surface area (Å²) in [5.41, 5.74) is 6.22. The molecule has 2 heteroatoms. The number of aryl methyl sites for hydroxylation is 1. The zero-order valence-electron chi connectivity index (χ0n) is 19.4. The first kappa shape index (κ1) is 13.8. The maximum absolute atomic E-state index is 8.56. The molecular weight excluding hydrogens is 328 g/mol. The molecule has 1 atom stereocenters. The number of hydrogen-bond acceptors (Lipinski definition) is 0. The van der Waals surface area contributed by atoms with Gasteiger partial charge in [0, 0.05) is 34.9 Å². The predicted octanol–water partition coefficient (Wildman–Crippen LogP) is 5.62. The van der Waals surface area contributed by atoms with Crippen molar-refractivity contribution in [1.29, 1.82) is 0 Å². The molecule has 2 aromatic carbocycles. The van der Waals surface area contributed by atoms with E-state index in [1.165, 1.54) is 24.0 Å². The van der Waals surface area contributed by atoms with E-state index in [0.29, 0.717) is 11.7 Å². The molecule has 3 aromatic rings. The number of fused-ring (bicyclic) bond motifs is 3. The molecule has 2 nitrogen and oxygen atoms in total. The van der Waals surface area contributed by atoms with Gasteiger partial charge in [-0.1, -0.05) is 55.3 Å². The highest BCUT2D eigenvalue weighted by Crippen LogP contribution is 2.49. The third-order valence-corrected chi connectivity index (χ3v) is 7.02. The van der Waals surface area contributed by atoms with E-state index in [-0.39, 0.29) is 5.54 Å². The third-order valence-electron chi connectivity index (χ3n) is 7.02. The van der Waals surface area contributed by atoms with Crippen LogP contribution in [0.5, 0.6) is 0 Å². The molecule has 0 radical (unpaired) electrons. The van der Waals surface area contributed by atoms with E-state index in [1.54, 1.807) is 0 Å². The van der Waals surface area contributed by atoms with Crippen molar-refractivity contribution in [3.63, 3.8) is 0 Å². The number of hydrogen-bond donors (Lipinski definition) is 0. The van der Waals surface area contributed by atoms with Crippen LogP contribution in [0.25, 0.3) is 16.9 Å². The van der Waals surface area contributed by atoms with Crippen molar-refractivity contribution in [2.75, 3.05) is 0 Å². The van der Waals surface area contributed by atoms with E-state index in [9.17, 15) is 0 Å². The summed E-state index contributed by atoms with van der Waals surface area (Å²) in [5.74, 6) is 0.869. The third kappa shape index (κ3) is 2.10. The normalized spacial score (nSPS) is 23.6. The van der Waals surface area contributed by atoms with Crippen LogP contribution in [0, 0.1) is 26.6 Å². The molecule has 27 heavy (non-hydrogen) atoms. The van der Waals surface area contributed by atoms with Gasteiger partial charge in [0.25, 0.3) is 5.82 Å². The monoisotopic (exact) mass is 360 g/mol. The molecule has 2 aliphatic rings. The lowest BCUT2D eigenvalue weighted by Gasteiger charge is -2.31. The molecule has 1 fully saturated rings. The van der Waals surface area contributed by atoms with Gasteiger partial charge in [-0.25, -0.2) is 4.57 Å². The second-order valence-electron chi connectivity index (χ2n) is 8.39. The van der Waals surface area contributed by atoms with E-state index >= 15 is 0 Å². The quantitative estimate of drug-likeness (QED) is 0.524. The number of nitrogens with zero attached hydrogens (tertiary/aromatic N) is 2. The fourth-order valence-corrected chi connectivity index (χ4v) is 5.65. The Bertz CT molecular complexity index is 1140. The Morgan fingerprint density at radius 1 is 1.04 bits per heavy atom. The Balaban J connectivity index is 1.92. The average Bonchev–Trinajstić information content (AvgIpc) is 3.39. The van der Waals surface area contributed by atoms with Crippen molar-refractivity contribution in [1.82, 2.24) is 4.57 Å². The summed E-state index contributed by atoms with van der Waals surface area (Å²) < 4.78 is 29.9. The standard InChI is InChI=1S/C25H29N2/c1-17-11-5-10-16-23(17)26-18(2)24-21-14-8-9-15-22(21)25(4,27(24)19(26)3)20-12-6-7-13-20/h5,8-11,14-16,20H,6-7,12-13H2,1-4H3/q+1/i3D3. The Kier molecular flexibility index (Phi) is 2.97. The summed E-state index contributed by atoms with van der Waals surface area (Å²) in [6.07, 6.45) is 4.73. The van der Waals surface area contributed by atoms with Gasteiger partial charge in [0.1, 0.15) is 11.2 Å². The van der Waals surface area contributed by atoms with Gasteiger partial charge in [-0.15, -0.1) is 0 Å². The summed E-state index contributed by atoms with van der Waals surface area (Å²) in [7, 11) is 0. The zero-order chi connectivity index (χ0) is 21.3. The molecule has 0 bridgehead atoms. The predicted molar refractivity (Wildman–Crippen MR) is 110 cm³/mol. The lowest BCUT2D eigenvalue weighted by atomic mass is 9.78. The van der Waals surface area contributed by atoms with Gasteiger partial charge in [-0.2, -0.15) is 4.57 Å². The Labute approximate surface area is 166 Å². The van der Waals surface area contributed by atoms with Crippen LogP contribution in [-0.2, 0) is 5.54 Å². The first-order valence-electron chi connectivity index (χ1n) is 11.6. The molecule has 5 rings (SSSR count). The SMILES string of the molecule is [2H]C([2H])([2H])c1n(-c2ccccc2C)c(C)c2[n+]1C(C)(C1CCCC1)c1ccccc1-2. The number of benzene rings is 2. The molecule has 0 spiro atoms. The van der Waals surface area contributed by atoms with E-state index in [4.69, 9.17) is 4.11 Å². The smallest absolute Gasteiger partial charge is 0.217 e. The fraction of sp³-hybridized carbons (Fsp3) is 0.400. The van der Waals surface area contributed by atoms with Gasteiger partial charge < -0.3 is 0 Å². The van der Waals surface area contributed by atoms with Crippen LogP contribution in [0.2, 0.25) is 0 Å². The van der Waals surface area contributed by atoms with E-state index in [0.717, 1.165) is 35.5 Å². The number of rotatable bonds is 2. The van der Waals surface area contributed by atoms with Gasteiger partial charge in [0.2, 0.25) is 0 Å². The van der Waals surface area contributed by atoms with Crippen molar-refractivity contribution in [3.05, 3.63) is 71.2 Å². The Hall–Kier alpha value is -2.35. The van der Waals surface area contributed by atoms with Gasteiger partial charge >= 0.3 is 0 Å². The molecule has 2 heterocycles. The highest BCUT2D eigenvalue weighted by Gasteiger charge is 2.53. The van der Waals surface area contributed by atoms with Crippen molar-refractivity contribution in [2.24, 2.45) is 5.92 Å². The summed E-state index contributed by atoms with van der Waals surface area (Å²) in [5, 5.41) is 0. The summed E-state index contributed by atoms with van der Waals surface area (Å²) >= 11 is 0. The van der Waals surface area contributed by atoms with Crippen LogP contribution in [0.4, 0.5) is 0 Å². The maximum Gasteiger partial charge on any atom is 0.259 e. The van der Waals surface area contributed by atoms with Gasteiger partial charge in [0.15, 0.2) is 11.4 Å². The van der Waals surface area contributed by atoms with E-state index in [2.05, 4.69) is 55.7 Å². The lowest BCUT2D eigenvalue weighted by molar-refractivity contribution is -0.748. The minimum absolute atomic E-state index is 0.342. The molecule has 1 aliphatic carbocycles. The van der Waals surface area contributed by atoms with Gasteiger partial charge in [0.05, 0.1) is 0 Å². The fourth-order valence-electron chi connectivity index (χ4n) is 5.65. The van der Waals surface area contributed by atoms with E-state index < -0.39 is 6.85 Å². The minimum atomic E-state index is -2.23. The molecule has 1 saturated carbocycles. The molecule has 0 amide bonds. The number of imidazole rings is 1. The van der Waals surface area contributed by atoms with Crippen LogP contribution in [0.3, 0.4) is 0 Å². The number of para-hydroxylation sites is 1. The van der Waals surface area contributed by atoms with Crippen molar-refractivity contribution >= 4 is 0 Å². The number of aromatic nitrogens is 2. The first-order valence-corrected chi connectivity index (χ1v) is 10.1. The van der Waals surface area contributed by atoms with Crippen LogP contribution >= 0.6 is 0 Å². The molecule has 1 unspecified atom stereocenters. The second-order valence-corrected chi connectivity index (χ2v) is 8.39. The van der Waals surface area contributed by atoms with Gasteiger partial charge in [-0.3, -0.25) is 0 Å². The summed E-state index contributed by atoms with van der Waals surface area (Å²) in [6, 6.07) is 16.6. The topological polar surface area (TPSA) is 8.81 Å². The summed E-state index contributed by atoms with van der Waals surface area (Å²) in [6.45, 7) is 4.17.